The highest BCUT2D eigenvalue weighted by molar-refractivity contribution is 4.85. The average molecular weight is 215 g/mol. The summed E-state index contributed by atoms with van der Waals surface area (Å²) in [6, 6.07) is 0.359. The van der Waals surface area contributed by atoms with E-state index in [4.69, 9.17) is 4.74 Å². The summed E-state index contributed by atoms with van der Waals surface area (Å²) in [6.45, 7) is 8.88. The Kier molecular flexibility index (Phi) is 4.56. The molecule has 0 aromatic heterocycles. The van der Waals surface area contributed by atoms with E-state index in [1.54, 1.807) is 7.11 Å². The van der Waals surface area contributed by atoms with Crippen LogP contribution in [0, 0.1) is 5.92 Å². The number of aliphatic hydroxyl groups excluding tert-OH is 1. The largest absolute Gasteiger partial charge is 0.395 e. The standard InChI is InChI=1S/C12H25NO2/c1-10-5-7-13(11(10)9-14)8-6-12(2,3)15-4/h10-11,14H,5-9H2,1-4H3. The van der Waals surface area contributed by atoms with Gasteiger partial charge in [0, 0.05) is 19.7 Å². The van der Waals surface area contributed by atoms with E-state index < -0.39 is 0 Å². The van der Waals surface area contributed by atoms with Crippen molar-refractivity contribution in [1.82, 2.24) is 4.90 Å². The van der Waals surface area contributed by atoms with Crippen LogP contribution in [-0.4, -0.2) is 48.5 Å². The topological polar surface area (TPSA) is 32.7 Å². The number of ether oxygens (including phenoxy) is 1. The third-order valence-electron chi connectivity index (χ3n) is 3.74. The van der Waals surface area contributed by atoms with Crippen LogP contribution in [0.25, 0.3) is 0 Å². The Morgan fingerprint density at radius 1 is 1.47 bits per heavy atom. The van der Waals surface area contributed by atoms with Crippen molar-refractivity contribution in [3.8, 4) is 0 Å². The normalized spacial score (nSPS) is 28.6. The van der Waals surface area contributed by atoms with Crippen LogP contribution in [0.2, 0.25) is 0 Å². The van der Waals surface area contributed by atoms with Crippen molar-refractivity contribution in [3.63, 3.8) is 0 Å². The average Bonchev–Trinajstić information content (AvgIpc) is 2.56. The number of methoxy groups -OCH3 is 1. The Bertz CT molecular complexity index is 194. The number of hydrogen-bond donors (Lipinski definition) is 1. The molecule has 1 heterocycles. The fraction of sp³-hybridized carbons (Fsp3) is 1.00. The maximum absolute atomic E-state index is 9.32. The van der Waals surface area contributed by atoms with Crippen LogP contribution in [0.3, 0.4) is 0 Å². The Labute approximate surface area is 93.4 Å². The summed E-state index contributed by atoms with van der Waals surface area (Å²) in [4.78, 5) is 2.39. The minimum absolute atomic E-state index is 0.0498. The van der Waals surface area contributed by atoms with Gasteiger partial charge in [-0.1, -0.05) is 6.92 Å². The van der Waals surface area contributed by atoms with Gasteiger partial charge in [-0.25, -0.2) is 0 Å². The second-order valence-corrected chi connectivity index (χ2v) is 5.27. The van der Waals surface area contributed by atoms with Crippen molar-refractivity contribution in [1.29, 1.82) is 0 Å². The van der Waals surface area contributed by atoms with Crippen molar-refractivity contribution >= 4 is 0 Å². The molecular formula is C12H25NO2. The van der Waals surface area contributed by atoms with Crippen molar-refractivity contribution in [2.24, 2.45) is 5.92 Å². The fourth-order valence-corrected chi connectivity index (χ4v) is 2.18. The van der Waals surface area contributed by atoms with Crippen LogP contribution < -0.4 is 0 Å². The van der Waals surface area contributed by atoms with Gasteiger partial charge in [-0.15, -0.1) is 0 Å². The van der Waals surface area contributed by atoms with Crippen molar-refractivity contribution in [2.45, 2.75) is 45.3 Å². The first kappa shape index (κ1) is 12.9. The Morgan fingerprint density at radius 2 is 2.13 bits per heavy atom. The molecule has 0 saturated carbocycles. The smallest absolute Gasteiger partial charge is 0.0634 e. The lowest BCUT2D eigenvalue weighted by atomic mass is 10.0. The highest BCUT2D eigenvalue weighted by Gasteiger charge is 2.31. The minimum Gasteiger partial charge on any atom is -0.395 e. The molecule has 2 atom stereocenters. The number of rotatable bonds is 5. The van der Waals surface area contributed by atoms with Crippen LogP contribution in [0.5, 0.6) is 0 Å². The van der Waals surface area contributed by atoms with Gasteiger partial charge in [-0.05, 0) is 39.2 Å². The van der Waals surface area contributed by atoms with E-state index in [0.29, 0.717) is 12.0 Å². The molecule has 0 aliphatic carbocycles. The van der Waals surface area contributed by atoms with E-state index in [9.17, 15) is 5.11 Å². The predicted molar refractivity (Wildman–Crippen MR) is 61.9 cm³/mol. The van der Waals surface area contributed by atoms with Gasteiger partial charge in [0.2, 0.25) is 0 Å². The molecule has 0 aromatic rings. The molecule has 3 heteroatoms. The molecular weight excluding hydrogens is 190 g/mol. The Hall–Kier alpha value is -0.120. The van der Waals surface area contributed by atoms with E-state index in [1.165, 1.54) is 6.42 Å². The maximum Gasteiger partial charge on any atom is 0.0634 e. The highest BCUT2D eigenvalue weighted by Crippen LogP contribution is 2.25. The first-order valence-corrected chi connectivity index (χ1v) is 5.90. The SMILES string of the molecule is COC(C)(C)CCN1CCC(C)C1CO. The number of hydrogen-bond acceptors (Lipinski definition) is 3. The molecule has 1 aliphatic rings. The van der Waals surface area contributed by atoms with Crippen molar-refractivity contribution in [2.75, 3.05) is 26.8 Å². The van der Waals surface area contributed by atoms with Gasteiger partial charge in [0.25, 0.3) is 0 Å². The van der Waals surface area contributed by atoms with Gasteiger partial charge < -0.3 is 9.84 Å². The van der Waals surface area contributed by atoms with Gasteiger partial charge in [0.05, 0.1) is 12.2 Å². The minimum atomic E-state index is -0.0498. The van der Waals surface area contributed by atoms with Crippen LogP contribution >= 0.6 is 0 Å². The predicted octanol–water partition coefficient (Wildman–Crippen LogP) is 1.50. The summed E-state index contributed by atoms with van der Waals surface area (Å²) in [7, 11) is 1.76. The summed E-state index contributed by atoms with van der Waals surface area (Å²) < 4.78 is 5.40. The quantitative estimate of drug-likeness (QED) is 0.754. The van der Waals surface area contributed by atoms with Crippen molar-refractivity contribution in [3.05, 3.63) is 0 Å². The first-order chi connectivity index (χ1) is 7.00. The molecule has 0 amide bonds. The molecule has 2 unspecified atom stereocenters. The number of nitrogens with zero attached hydrogens (tertiary/aromatic N) is 1. The van der Waals surface area contributed by atoms with Gasteiger partial charge in [0.15, 0.2) is 0 Å². The molecule has 3 nitrogen and oxygen atoms in total. The lowest BCUT2D eigenvalue weighted by Gasteiger charge is -2.29. The third-order valence-corrected chi connectivity index (χ3v) is 3.74. The van der Waals surface area contributed by atoms with Crippen LogP contribution in [0.1, 0.15) is 33.6 Å². The molecule has 0 spiro atoms. The van der Waals surface area contributed by atoms with Crippen LogP contribution in [0.4, 0.5) is 0 Å². The first-order valence-electron chi connectivity index (χ1n) is 5.90. The van der Waals surface area contributed by atoms with E-state index in [2.05, 4.69) is 25.7 Å². The number of aliphatic hydroxyl groups is 1. The third kappa shape index (κ3) is 3.44. The lowest BCUT2D eigenvalue weighted by Crippen LogP contribution is -2.38. The number of likely N-dealkylation sites (tertiary alicyclic amines) is 1. The molecule has 1 N–H and O–H groups in total. The fourth-order valence-electron chi connectivity index (χ4n) is 2.18. The summed E-state index contributed by atoms with van der Waals surface area (Å²) >= 11 is 0. The lowest BCUT2D eigenvalue weighted by molar-refractivity contribution is 0.00356. The van der Waals surface area contributed by atoms with E-state index in [-0.39, 0.29) is 12.2 Å². The van der Waals surface area contributed by atoms with Crippen molar-refractivity contribution < 1.29 is 9.84 Å². The van der Waals surface area contributed by atoms with Crippen LogP contribution in [-0.2, 0) is 4.74 Å². The van der Waals surface area contributed by atoms with Gasteiger partial charge in [-0.2, -0.15) is 0 Å². The zero-order chi connectivity index (χ0) is 11.5. The van der Waals surface area contributed by atoms with Crippen LogP contribution in [0.15, 0.2) is 0 Å². The zero-order valence-corrected chi connectivity index (χ0v) is 10.5. The second-order valence-electron chi connectivity index (χ2n) is 5.27. The summed E-state index contributed by atoms with van der Waals surface area (Å²) in [5.41, 5.74) is -0.0498. The summed E-state index contributed by atoms with van der Waals surface area (Å²) in [5, 5.41) is 9.32. The highest BCUT2D eigenvalue weighted by atomic mass is 16.5. The molecule has 0 aromatic carbocycles. The molecule has 0 bridgehead atoms. The van der Waals surface area contributed by atoms with Gasteiger partial charge >= 0.3 is 0 Å². The molecule has 1 rings (SSSR count). The van der Waals surface area contributed by atoms with Gasteiger partial charge in [-0.3, -0.25) is 4.90 Å². The van der Waals surface area contributed by atoms with E-state index >= 15 is 0 Å². The molecule has 15 heavy (non-hydrogen) atoms. The Morgan fingerprint density at radius 3 is 2.67 bits per heavy atom. The maximum atomic E-state index is 9.32. The summed E-state index contributed by atoms with van der Waals surface area (Å²) in [5.74, 6) is 0.626. The molecule has 1 aliphatic heterocycles. The van der Waals surface area contributed by atoms with E-state index in [1.807, 2.05) is 0 Å². The monoisotopic (exact) mass is 215 g/mol. The molecule has 1 fully saturated rings. The zero-order valence-electron chi connectivity index (χ0n) is 10.5. The van der Waals surface area contributed by atoms with Gasteiger partial charge in [0.1, 0.15) is 0 Å². The molecule has 0 radical (unpaired) electrons. The second kappa shape index (κ2) is 5.28. The summed E-state index contributed by atoms with van der Waals surface area (Å²) in [6.07, 6.45) is 2.23. The molecule has 90 valence electrons. The van der Waals surface area contributed by atoms with E-state index in [0.717, 1.165) is 19.5 Å². The Balaban J connectivity index is 2.39. The molecule has 1 saturated heterocycles.